The van der Waals surface area contributed by atoms with Crippen LogP contribution in [0.2, 0.25) is 0 Å². The number of aromatic nitrogens is 1. The summed E-state index contributed by atoms with van der Waals surface area (Å²) in [6.07, 6.45) is 9.11. The van der Waals surface area contributed by atoms with E-state index >= 15 is 0 Å². The van der Waals surface area contributed by atoms with Crippen molar-refractivity contribution < 1.29 is 14.7 Å². The van der Waals surface area contributed by atoms with Gasteiger partial charge in [-0.3, -0.25) is 14.5 Å². The summed E-state index contributed by atoms with van der Waals surface area (Å²) in [4.78, 5) is 33.4. The number of aliphatic carboxylic acids is 1. The standard InChI is InChI=1S/C24H34N4O3/c29-22(30)15-28-20-5-6-21(28)14-18(13-20)24(31)27-10-7-16(8-11-27)12-19-4-3-17-2-1-9-25-23(17)26-19/h3-4,16,18,20-21H,1-2,5-15H2,(H,25,26)(H,29,30)/t18-,20+,21-. The minimum absolute atomic E-state index is 0.0764. The Morgan fingerprint density at radius 2 is 1.84 bits per heavy atom. The van der Waals surface area contributed by atoms with Crippen LogP contribution in [0.25, 0.3) is 0 Å². The van der Waals surface area contributed by atoms with Crippen LogP contribution in [0.5, 0.6) is 0 Å². The predicted octanol–water partition coefficient (Wildman–Crippen LogP) is 2.55. The molecule has 4 aliphatic rings. The molecular formula is C24H34N4O3. The molecule has 4 aliphatic heterocycles. The van der Waals surface area contributed by atoms with Crippen LogP contribution in [-0.4, -0.2) is 70.0 Å². The molecule has 1 aromatic heterocycles. The zero-order valence-electron chi connectivity index (χ0n) is 18.3. The van der Waals surface area contributed by atoms with Gasteiger partial charge in [0.05, 0.1) is 6.54 Å². The summed E-state index contributed by atoms with van der Waals surface area (Å²) in [6, 6.07) is 4.95. The molecule has 3 atom stereocenters. The van der Waals surface area contributed by atoms with E-state index in [1.54, 1.807) is 0 Å². The fraction of sp³-hybridized carbons (Fsp3) is 0.708. The Bertz CT molecular complexity index is 822. The van der Waals surface area contributed by atoms with E-state index in [2.05, 4.69) is 27.2 Å². The lowest BCUT2D eigenvalue weighted by molar-refractivity contribution is -0.142. The average molecular weight is 427 g/mol. The molecule has 5 heterocycles. The van der Waals surface area contributed by atoms with Crippen LogP contribution in [0.1, 0.15) is 56.2 Å². The first-order valence-corrected chi connectivity index (χ1v) is 12.1. The van der Waals surface area contributed by atoms with Gasteiger partial charge in [0, 0.05) is 43.3 Å². The van der Waals surface area contributed by atoms with E-state index in [4.69, 9.17) is 4.98 Å². The number of likely N-dealkylation sites (tertiary alicyclic amines) is 1. The van der Waals surface area contributed by atoms with E-state index in [9.17, 15) is 14.7 Å². The van der Waals surface area contributed by atoms with Crippen molar-refractivity contribution in [3.05, 3.63) is 23.4 Å². The lowest BCUT2D eigenvalue weighted by Gasteiger charge is -2.40. The number of rotatable bonds is 5. The lowest BCUT2D eigenvalue weighted by Crippen LogP contribution is -2.50. The van der Waals surface area contributed by atoms with Crippen molar-refractivity contribution in [3.8, 4) is 0 Å². The topological polar surface area (TPSA) is 85.8 Å². The molecule has 1 aromatic rings. The third-order valence-electron chi connectivity index (χ3n) is 7.93. The summed E-state index contributed by atoms with van der Waals surface area (Å²) in [5, 5.41) is 12.6. The van der Waals surface area contributed by atoms with E-state index in [-0.39, 0.29) is 24.5 Å². The second-order valence-electron chi connectivity index (χ2n) is 9.93. The van der Waals surface area contributed by atoms with Crippen molar-refractivity contribution in [3.63, 3.8) is 0 Å². The predicted molar refractivity (Wildman–Crippen MR) is 118 cm³/mol. The van der Waals surface area contributed by atoms with Gasteiger partial charge in [-0.2, -0.15) is 0 Å². The van der Waals surface area contributed by atoms with Gasteiger partial charge in [-0.1, -0.05) is 6.07 Å². The van der Waals surface area contributed by atoms with E-state index in [1.807, 2.05) is 0 Å². The van der Waals surface area contributed by atoms with Gasteiger partial charge in [0.25, 0.3) is 0 Å². The van der Waals surface area contributed by atoms with Crippen molar-refractivity contribution in [2.45, 2.75) is 69.9 Å². The molecule has 3 saturated heterocycles. The highest BCUT2D eigenvalue weighted by Crippen LogP contribution is 2.39. The zero-order chi connectivity index (χ0) is 21.4. The van der Waals surface area contributed by atoms with E-state index in [0.29, 0.717) is 11.8 Å². The number of hydrogen-bond acceptors (Lipinski definition) is 5. The minimum atomic E-state index is -0.757. The number of nitrogens with one attached hydrogen (secondary N) is 1. The van der Waals surface area contributed by atoms with Crippen LogP contribution < -0.4 is 5.32 Å². The second kappa shape index (κ2) is 8.77. The van der Waals surface area contributed by atoms with Crippen LogP contribution >= 0.6 is 0 Å². The highest BCUT2D eigenvalue weighted by atomic mass is 16.4. The number of hydrogen-bond donors (Lipinski definition) is 2. The average Bonchev–Trinajstić information content (AvgIpc) is 3.00. The lowest BCUT2D eigenvalue weighted by atomic mass is 9.87. The van der Waals surface area contributed by atoms with E-state index in [1.165, 1.54) is 17.7 Å². The normalized spacial score (nSPS) is 28.8. The quantitative estimate of drug-likeness (QED) is 0.753. The van der Waals surface area contributed by atoms with E-state index in [0.717, 1.165) is 76.8 Å². The Morgan fingerprint density at radius 1 is 1.10 bits per heavy atom. The molecule has 0 aliphatic carbocycles. The van der Waals surface area contributed by atoms with Crippen LogP contribution in [0.4, 0.5) is 5.82 Å². The van der Waals surface area contributed by atoms with Crippen molar-refractivity contribution in [1.29, 1.82) is 0 Å². The molecule has 0 radical (unpaired) electrons. The van der Waals surface area contributed by atoms with Gasteiger partial charge >= 0.3 is 5.97 Å². The molecule has 1 amide bonds. The van der Waals surface area contributed by atoms with Gasteiger partial charge in [0.15, 0.2) is 0 Å². The first-order valence-electron chi connectivity index (χ1n) is 12.1. The Balaban J connectivity index is 1.12. The maximum atomic E-state index is 13.2. The highest BCUT2D eigenvalue weighted by molar-refractivity contribution is 5.79. The summed E-state index contributed by atoms with van der Waals surface area (Å²) in [5.41, 5.74) is 2.50. The number of fused-ring (bicyclic) bond motifs is 3. The van der Waals surface area contributed by atoms with Gasteiger partial charge in [0.1, 0.15) is 5.82 Å². The maximum absolute atomic E-state index is 13.2. The van der Waals surface area contributed by atoms with Crippen LogP contribution in [0, 0.1) is 11.8 Å². The van der Waals surface area contributed by atoms with Gasteiger partial charge in [-0.05, 0) is 75.3 Å². The number of carbonyl (C=O) groups is 2. The summed E-state index contributed by atoms with van der Waals surface area (Å²) in [5.74, 6) is 1.29. The highest BCUT2D eigenvalue weighted by Gasteiger charge is 2.44. The SMILES string of the molecule is O=C(O)CN1[C@@H]2CC[C@H]1C[C@@H](C(=O)N1CCC(Cc3ccc4c(n3)NCCC4)CC1)C2. The largest absolute Gasteiger partial charge is 0.480 e. The minimum Gasteiger partial charge on any atom is -0.480 e. The summed E-state index contributed by atoms with van der Waals surface area (Å²) >= 11 is 0. The Hall–Kier alpha value is -2.15. The maximum Gasteiger partial charge on any atom is 0.317 e. The van der Waals surface area contributed by atoms with Gasteiger partial charge < -0.3 is 15.3 Å². The Labute approximate surface area is 184 Å². The molecule has 0 saturated carbocycles. The van der Waals surface area contributed by atoms with Crippen LogP contribution in [0.3, 0.4) is 0 Å². The van der Waals surface area contributed by atoms with Crippen LogP contribution in [0.15, 0.2) is 12.1 Å². The van der Waals surface area contributed by atoms with Crippen molar-refractivity contribution >= 4 is 17.7 Å². The van der Waals surface area contributed by atoms with E-state index < -0.39 is 5.97 Å². The number of carbonyl (C=O) groups excluding carboxylic acids is 1. The Morgan fingerprint density at radius 3 is 2.55 bits per heavy atom. The number of nitrogens with zero attached hydrogens (tertiary/aromatic N) is 3. The number of amides is 1. The third kappa shape index (κ3) is 4.43. The fourth-order valence-electron chi connectivity index (χ4n) is 6.28. The molecule has 31 heavy (non-hydrogen) atoms. The molecule has 5 rings (SSSR count). The fourth-order valence-corrected chi connectivity index (χ4v) is 6.28. The molecular weight excluding hydrogens is 392 g/mol. The molecule has 2 bridgehead atoms. The Kier molecular flexibility index (Phi) is 5.87. The van der Waals surface area contributed by atoms with Crippen LogP contribution in [-0.2, 0) is 22.4 Å². The molecule has 3 fully saturated rings. The summed E-state index contributed by atoms with van der Waals surface area (Å²) < 4.78 is 0. The number of carboxylic acids is 1. The molecule has 0 aromatic carbocycles. The van der Waals surface area contributed by atoms with Crippen molar-refractivity contribution in [2.75, 3.05) is 31.5 Å². The first-order chi connectivity index (χ1) is 15.1. The summed E-state index contributed by atoms with van der Waals surface area (Å²) in [7, 11) is 0. The number of aryl methyl sites for hydroxylation is 1. The molecule has 7 nitrogen and oxygen atoms in total. The molecule has 7 heteroatoms. The number of anilines is 1. The first kappa shape index (κ1) is 20.7. The number of piperidine rings is 2. The van der Waals surface area contributed by atoms with Gasteiger partial charge in [-0.25, -0.2) is 4.98 Å². The smallest absolute Gasteiger partial charge is 0.317 e. The second-order valence-corrected chi connectivity index (χ2v) is 9.93. The van der Waals surface area contributed by atoms with Crippen molar-refractivity contribution in [2.24, 2.45) is 11.8 Å². The molecule has 0 unspecified atom stereocenters. The number of carboxylic acid groups (broad SMARTS) is 1. The van der Waals surface area contributed by atoms with Crippen molar-refractivity contribution in [1.82, 2.24) is 14.8 Å². The third-order valence-corrected chi connectivity index (χ3v) is 7.93. The van der Waals surface area contributed by atoms with Gasteiger partial charge in [0.2, 0.25) is 5.91 Å². The molecule has 0 spiro atoms. The molecule has 2 N–H and O–H groups in total. The van der Waals surface area contributed by atoms with Gasteiger partial charge in [-0.15, -0.1) is 0 Å². The number of pyridine rings is 1. The molecule has 168 valence electrons. The monoisotopic (exact) mass is 426 g/mol. The summed E-state index contributed by atoms with van der Waals surface area (Å²) in [6.45, 7) is 2.82. The zero-order valence-corrected chi connectivity index (χ0v) is 18.3.